The average molecular weight is 743 g/mol. The van der Waals surface area contributed by atoms with Crippen LogP contribution in [0.5, 0.6) is 11.5 Å². The fraction of sp³-hybridized carbons (Fsp3) is 0.500. The van der Waals surface area contributed by atoms with Crippen molar-refractivity contribution in [2.75, 3.05) is 13.1 Å². The lowest BCUT2D eigenvalue weighted by molar-refractivity contribution is -0.350. The minimum absolute atomic E-state index is 0. The van der Waals surface area contributed by atoms with E-state index in [2.05, 4.69) is 12.4 Å². The van der Waals surface area contributed by atoms with Crippen molar-refractivity contribution in [2.24, 2.45) is 0 Å². The summed E-state index contributed by atoms with van der Waals surface area (Å²) in [6, 6.07) is 12.2. The summed E-state index contributed by atoms with van der Waals surface area (Å²) >= 11 is 0. The second kappa shape index (κ2) is 14.7. The topological polar surface area (TPSA) is 234 Å². The van der Waals surface area contributed by atoms with E-state index in [1.54, 1.807) is 62.9 Å². The quantitative estimate of drug-likeness (QED) is 0.385. The van der Waals surface area contributed by atoms with Crippen molar-refractivity contribution >= 4 is 33.5 Å². The Hall–Kier alpha value is -3.75. The number of rotatable bonds is 6. The highest BCUT2D eigenvalue weighted by Gasteiger charge is 2.51. The van der Waals surface area contributed by atoms with Crippen molar-refractivity contribution in [1.29, 1.82) is 10.5 Å². The predicted octanol–water partition coefficient (Wildman–Crippen LogP) is 1.94. The smallest absolute Gasteiger partial charge is 0.223 e. The molecule has 17 heteroatoms. The standard InChI is InChI=1S/C17H19N2O5P.C16H19N2O6P.CH4/c1-17(2)16(24-25(3,21)22)15(19-8-4-5-14(19)20)12-9-11(10-18)6-7-13(12)23-17;1-16(2)15(24-25(20,21)22)14(18-7-3-4-13(18)19)11-8-10(9-17)5-6-12(11)23-16;/h6-7,9,15-16H,3-5,8H2,1-2H3;5-6,8,14-15H,3-4,7H2,1-2H3,(H2,20,21,22);1H4/q-2;;/p-2/t15-,16+;14-,15+;/m01./s1. The van der Waals surface area contributed by atoms with Gasteiger partial charge in [0.25, 0.3) is 0 Å². The van der Waals surface area contributed by atoms with Gasteiger partial charge in [0.1, 0.15) is 34.9 Å². The Morgan fingerprint density at radius 3 is 1.49 bits per heavy atom. The van der Waals surface area contributed by atoms with Crippen LogP contribution in [0.4, 0.5) is 0 Å². The molecule has 0 aromatic heterocycles. The number of carbonyl (C=O) groups excluding carboxylic acids is 2. The molecule has 0 N–H and O–H groups in total. The minimum atomic E-state index is -5.33. The van der Waals surface area contributed by atoms with Crippen LogP contribution in [0.3, 0.4) is 0 Å². The third-order valence-electron chi connectivity index (χ3n) is 9.01. The maximum atomic E-state index is 12.4. The molecule has 4 atom stereocenters. The van der Waals surface area contributed by atoms with Crippen molar-refractivity contribution in [1.82, 2.24) is 9.80 Å². The molecule has 0 spiro atoms. The van der Waals surface area contributed by atoms with Gasteiger partial charge in [-0.25, -0.2) is 0 Å². The van der Waals surface area contributed by atoms with Gasteiger partial charge < -0.3 is 52.5 Å². The molecule has 2 fully saturated rings. The van der Waals surface area contributed by atoms with Crippen molar-refractivity contribution in [3.63, 3.8) is 0 Å². The Morgan fingerprint density at radius 2 is 1.18 bits per heavy atom. The highest BCUT2D eigenvalue weighted by Crippen LogP contribution is 2.50. The Kier molecular flexibility index (Phi) is 11.5. The van der Waals surface area contributed by atoms with Gasteiger partial charge in [-0.15, -0.1) is 6.30 Å². The molecule has 276 valence electrons. The van der Waals surface area contributed by atoms with Gasteiger partial charge in [-0.2, -0.15) is 18.1 Å². The Labute approximate surface area is 297 Å². The van der Waals surface area contributed by atoms with E-state index in [-0.39, 0.29) is 19.2 Å². The van der Waals surface area contributed by atoms with Gasteiger partial charge in [0.15, 0.2) is 0 Å². The van der Waals surface area contributed by atoms with Gasteiger partial charge in [0.2, 0.25) is 11.8 Å². The first-order valence-electron chi connectivity index (χ1n) is 15.8. The number of nitriles is 2. The van der Waals surface area contributed by atoms with Crippen molar-refractivity contribution in [3.05, 3.63) is 58.7 Å². The summed E-state index contributed by atoms with van der Waals surface area (Å²) in [7, 11) is -9.65. The molecule has 0 radical (unpaired) electrons. The Bertz CT molecular complexity index is 1730. The Morgan fingerprint density at radius 1 is 0.784 bits per heavy atom. The highest BCUT2D eigenvalue weighted by molar-refractivity contribution is 7.54. The summed E-state index contributed by atoms with van der Waals surface area (Å²) < 4.78 is 33.2. The van der Waals surface area contributed by atoms with Gasteiger partial charge in [0.05, 0.1) is 43.2 Å². The van der Waals surface area contributed by atoms with Crippen LogP contribution in [0.15, 0.2) is 36.4 Å². The SMILES string of the molecule is C.C=P([O-])([O-])O[C@@H]1[C@@H](N2CCCC2=O)c2cc(C#N)ccc2OC1(C)C.CC1(C)Oc2ccc(C#N)cc2[C@@H](N2CCCC2=O)[C@@H]1OP(=O)([O-])[O-]. The van der Waals surface area contributed by atoms with Crippen molar-refractivity contribution in [3.8, 4) is 23.6 Å². The monoisotopic (exact) mass is 742 g/mol. The van der Waals surface area contributed by atoms with Gasteiger partial charge in [-0.3, -0.25) is 9.59 Å². The zero-order chi connectivity index (χ0) is 36.8. The number of amides is 2. The molecule has 0 bridgehead atoms. The first-order valence-corrected chi connectivity index (χ1v) is 19.0. The molecule has 51 heavy (non-hydrogen) atoms. The number of carbonyl (C=O) groups is 2. The summed E-state index contributed by atoms with van der Waals surface area (Å²) in [5.41, 5.74) is -0.396. The summed E-state index contributed by atoms with van der Waals surface area (Å²) in [5.74, 6) is 0.712. The first kappa shape index (κ1) is 40.0. The van der Waals surface area contributed by atoms with Gasteiger partial charge in [-0.1, -0.05) is 7.43 Å². The molecule has 4 aliphatic rings. The van der Waals surface area contributed by atoms with E-state index in [0.717, 1.165) is 0 Å². The van der Waals surface area contributed by atoms with Gasteiger partial charge in [-0.05, 0) is 76.9 Å². The molecule has 2 saturated heterocycles. The lowest BCUT2D eigenvalue weighted by Crippen LogP contribution is -2.55. The third kappa shape index (κ3) is 8.66. The Balaban J connectivity index is 0.000000224. The molecule has 6 rings (SSSR count). The molecule has 2 amide bonds. The van der Waals surface area contributed by atoms with E-state index in [0.29, 0.717) is 72.5 Å². The molecule has 4 aliphatic heterocycles. The van der Waals surface area contributed by atoms with Crippen molar-refractivity contribution < 1.29 is 52.2 Å². The lowest BCUT2D eigenvalue weighted by atomic mass is 9.85. The lowest BCUT2D eigenvalue weighted by Gasteiger charge is -2.52. The van der Waals surface area contributed by atoms with E-state index in [4.69, 9.17) is 23.8 Å². The number of phosphoric ester groups is 1. The molecule has 15 nitrogen and oxygen atoms in total. The fourth-order valence-corrected chi connectivity index (χ4v) is 8.29. The van der Waals surface area contributed by atoms with Crippen LogP contribution in [0, 0.1) is 22.7 Å². The minimum Gasteiger partial charge on any atom is -0.821 e. The van der Waals surface area contributed by atoms with Gasteiger partial charge >= 0.3 is 0 Å². The molecular formula is C34H40N4O11P2-4. The van der Waals surface area contributed by atoms with Gasteiger partial charge in [0, 0.05) is 37.1 Å². The highest BCUT2D eigenvalue weighted by atomic mass is 31.2. The third-order valence-corrected chi connectivity index (χ3v) is 10.0. The summed E-state index contributed by atoms with van der Waals surface area (Å²) in [6.45, 7) is 7.53. The number of benzene rings is 2. The zero-order valence-electron chi connectivity index (χ0n) is 27.9. The fourth-order valence-electron chi connectivity index (χ4n) is 6.92. The number of fused-ring (bicyclic) bond motifs is 2. The summed E-state index contributed by atoms with van der Waals surface area (Å²) in [4.78, 5) is 73.9. The normalized spacial score (nSPS) is 24.7. The molecule has 0 saturated carbocycles. The molecule has 4 heterocycles. The largest absolute Gasteiger partial charge is 0.821 e. The van der Waals surface area contributed by atoms with Crippen LogP contribution in [0.25, 0.3) is 0 Å². The molecule has 0 aliphatic carbocycles. The summed E-state index contributed by atoms with van der Waals surface area (Å²) in [5, 5.41) is 18.3. The van der Waals surface area contributed by atoms with Crippen LogP contribution in [-0.4, -0.2) is 64.4 Å². The number of nitrogens with zero attached hydrogens (tertiary/aromatic N) is 4. The van der Waals surface area contributed by atoms with Crippen LogP contribution in [-0.2, 0) is 23.2 Å². The van der Waals surface area contributed by atoms with Crippen LogP contribution < -0.4 is 29.0 Å². The van der Waals surface area contributed by atoms with Crippen LogP contribution >= 0.6 is 15.4 Å². The number of hydrogen-bond donors (Lipinski definition) is 0. The molecule has 2 aromatic carbocycles. The van der Waals surface area contributed by atoms with Crippen LogP contribution in [0.2, 0.25) is 0 Å². The van der Waals surface area contributed by atoms with E-state index in [9.17, 15) is 39.0 Å². The maximum absolute atomic E-state index is 12.4. The van der Waals surface area contributed by atoms with E-state index >= 15 is 0 Å². The second-order valence-electron chi connectivity index (χ2n) is 13.5. The number of phosphoric acid groups is 1. The van der Waals surface area contributed by atoms with E-state index in [1.165, 1.54) is 11.0 Å². The average Bonchev–Trinajstić information content (AvgIpc) is 3.63. The number of likely N-dealkylation sites (tertiary alicyclic amines) is 2. The molecular weight excluding hydrogens is 702 g/mol. The van der Waals surface area contributed by atoms with Crippen LogP contribution in [0.1, 0.15) is 95.1 Å². The molecule has 0 unspecified atom stereocenters. The van der Waals surface area contributed by atoms with E-state index < -0.39 is 50.9 Å². The van der Waals surface area contributed by atoms with E-state index in [1.807, 2.05) is 6.07 Å². The number of hydrogen-bond acceptors (Lipinski definition) is 13. The predicted molar refractivity (Wildman–Crippen MR) is 177 cm³/mol. The van der Waals surface area contributed by atoms with Crippen molar-refractivity contribution in [2.45, 2.75) is 96.3 Å². The second-order valence-corrected chi connectivity index (χ2v) is 16.1. The molecule has 2 aromatic rings. The maximum Gasteiger partial charge on any atom is 0.223 e. The number of ether oxygens (including phenoxy) is 2. The first-order chi connectivity index (χ1) is 23.2. The zero-order valence-corrected chi connectivity index (χ0v) is 29.7. The summed E-state index contributed by atoms with van der Waals surface area (Å²) in [6.07, 6.45) is 2.95.